The molecule has 0 nitrogen and oxygen atoms in total. The van der Waals surface area contributed by atoms with E-state index in [2.05, 4.69) is 41.5 Å². The van der Waals surface area contributed by atoms with Crippen LogP contribution in [0.2, 0.25) is 0 Å². The summed E-state index contributed by atoms with van der Waals surface area (Å²) in [5, 5.41) is 0. The summed E-state index contributed by atoms with van der Waals surface area (Å²) < 4.78 is 0. The van der Waals surface area contributed by atoms with Crippen molar-refractivity contribution in [1.82, 2.24) is 0 Å². The van der Waals surface area contributed by atoms with Crippen LogP contribution in [0.3, 0.4) is 0 Å². The van der Waals surface area contributed by atoms with Gasteiger partial charge < -0.3 is 0 Å². The Morgan fingerprint density at radius 2 is 1.36 bits per heavy atom. The van der Waals surface area contributed by atoms with E-state index in [1.54, 1.807) is 0 Å². The van der Waals surface area contributed by atoms with Crippen LogP contribution in [0.4, 0.5) is 0 Å². The van der Waals surface area contributed by atoms with Crippen molar-refractivity contribution in [2.45, 2.75) is 73.6 Å². The maximum Gasteiger partial charge on any atom is -0.0298 e. The highest BCUT2D eigenvalue weighted by Gasteiger charge is 2.31. The van der Waals surface area contributed by atoms with E-state index in [9.17, 15) is 0 Å². The SMILES string of the molecule is CCCC(C)(CCC)C(C)C(C)CC. The molecule has 0 aliphatic carbocycles. The molecule has 2 unspecified atom stereocenters. The molecule has 0 heterocycles. The fourth-order valence-electron chi connectivity index (χ4n) is 2.76. The summed E-state index contributed by atoms with van der Waals surface area (Å²) in [6, 6.07) is 0. The Kier molecular flexibility index (Phi) is 6.48. The van der Waals surface area contributed by atoms with E-state index in [0.29, 0.717) is 5.41 Å². The van der Waals surface area contributed by atoms with E-state index < -0.39 is 0 Å². The highest BCUT2D eigenvalue weighted by Crippen LogP contribution is 2.41. The first-order valence-electron chi connectivity index (χ1n) is 6.51. The average molecular weight is 198 g/mol. The van der Waals surface area contributed by atoms with Gasteiger partial charge in [-0.05, 0) is 30.1 Å². The molecule has 14 heavy (non-hydrogen) atoms. The highest BCUT2D eigenvalue weighted by molar-refractivity contribution is 4.82. The molecular weight excluding hydrogens is 168 g/mol. The van der Waals surface area contributed by atoms with Gasteiger partial charge in [-0.2, -0.15) is 0 Å². The van der Waals surface area contributed by atoms with Crippen LogP contribution in [-0.2, 0) is 0 Å². The lowest BCUT2D eigenvalue weighted by Crippen LogP contribution is -2.29. The largest absolute Gasteiger partial charge is 0.0654 e. The zero-order valence-corrected chi connectivity index (χ0v) is 11.2. The van der Waals surface area contributed by atoms with Gasteiger partial charge in [-0.25, -0.2) is 0 Å². The Balaban J connectivity index is 4.44. The van der Waals surface area contributed by atoms with Gasteiger partial charge in [-0.15, -0.1) is 0 Å². The summed E-state index contributed by atoms with van der Waals surface area (Å²) in [5.41, 5.74) is 0.582. The molecule has 0 rings (SSSR count). The number of hydrogen-bond donors (Lipinski definition) is 0. The van der Waals surface area contributed by atoms with Gasteiger partial charge in [-0.3, -0.25) is 0 Å². The van der Waals surface area contributed by atoms with Gasteiger partial charge in [0.25, 0.3) is 0 Å². The van der Waals surface area contributed by atoms with Crippen LogP contribution in [0.15, 0.2) is 0 Å². The molecule has 0 bridgehead atoms. The molecule has 0 radical (unpaired) electrons. The minimum atomic E-state index is 0.582. The van der Waals surface area contributed by atoms with E-state index in [4.69, 9.17) is 0 Å². The third-order valence-corrected chi connectivity index (χ3v) is 4.24. The van der Waals surface area contributed by atoms with Crippen molar-refractivity contribution >= 4 is 0 Å². The first-order valence-corrected chi connectivity index (χ1v) is 6.51. The second kappa shape index (κ2) is 6.48. The number of rotatable bonds is 7. The second-order valence-electron chi connectivity index (χ2n) is 5.33. The summed E-state index contributed by atoms with van der Waals surface area (Å²) in [7, 11) is 0. The van der Waals surface area contributed by atoms with Crippen molar-refractivity contribution in [3.8, 4) is 0 Å². The third-order valence-electron chi connectivity index (χ3n) is 4.24. The van der Waals surface area contributed by atoms with Crippen LogP contribution in [0.1, 0.15) is 73.6 Å². The normalized spacial score (nSPS) is 16.7. The van der Waals surface area contributed by atoms with Gasteiger partial charge in [0.05, 0.1) is 0 Å². The quantitative estimate of drug-likeness (QED) is 0.522. The molecule has 0 heteroatoms. The molecular formula is C14H30. The van der Waals surface area contributed by atoms with Crippen molar-refractivity contribution in [2.24, 2.45) is 17.3 Å². The summed E-state index contributed by atoms with van der Waals surface area (Å²) in [5.74, 6) is 1.74. The Hall–Kier alpha value is 0. The van der Waals surface area contributed by atoms with Crippen LogP contribution >= 0.6 is 0 Å². The summed E-state index contributed by atoms with van der Waals surface area (Å²) in [6.45, 7) is 14.3. The third kappa shape index (κ3) is 3.63. The van der Waals surface area contributed by atoms with Gasteiger partial charge in [0.1, 0.15) is 0 Å². The van der Waals surface area contributed by atoms with Crippen LogP contribution in [0.5, 0.6) is 0 Å². The van der Waals surface area contributed by atoms with E-state index in [1.165, 1.54) is 32.1 Å². The lowest BCUT2D eigenvalue weighted by atomic mass is 9.66. The predicted octanol–water partition coefficient (Wildman–Crippen LogP) is 5.28. The minimum absolute atomic E-state index is 0.582. The monoisotopic (exact) mass is 198 g/mol. The molecule has 0 aromatic heterocycles. The van der Waals surface area contributed by atoms with Gasteiger partial charge in [0, 0.05) is 0 Å². The first-order chi connectivity index (χ1) is 6.51. The van der Waals surface area contributed by atoms with Crippen molar-refractivity contribution in [2.75, 3.05) is 0 Å². The van der Waals surface area contributed by atoms with Crippen LogP contribution < -0.4 is 0 Å². The highest BCUT2D eigenvalue weighted by atomic mass is 14.4. The molecule has 86 valence electrons. The van der Waals surface area contributed by atoms with Gasteiger partial charge in [0.15, 0.2) is 0 Å². The topological polar surface area (TPSA) is 0 Å². The molecule has 0 aliphatic rings. The van der Waals surface area contributed by atoms with Gasteiger partial charge >= 0.3 is 0 Å². The smallest absolute Gasteiger partial charge is 0.0298 e. The molecule has 0 amide bonds. The van der Waals surface area contributed by atoms with Gasteiger partial charge in [0.2, 0.25) is 0 Å². The first kappa shape index (κ1) is 14.0. The number of hydrogen-bond acceptors (Lipinski definition) is 0. The summed E-state index contributed by atoms with van der Waals surface area (Å²) >= 11 is 0. The van der Waals surface area contributed by atoms with Crippen LogP contribution in [0, 0.1) is 17.3 Å². The lowest BCUT2D eigenvalue weighted by molar-refractivity contribution is 0.113. The maximum absolute atomic E-state index is 2.50. The second-order valence-corrected chi connectivity index (χ2v) is 5.33. The van der Waals surface area contributed by atoms with Gasteiger partial charge in [-0.1, -0.05) is 60.8 Å². The maximum atomic E-state index is 2.50. The molecule has 0 aromatic carbocycles. The Morgan fingerprint density at radius 3 is 1.64 bits per heavy atom. The minimum Gasteiger partial charge on any atom is -0.0654 e. The Bertz CT molecular complexity index is 131. The molecule has 0 N–H and O–H groups in total. The Morgan fingerprint density at radius 1 is 0.929 bits per heavy atom. The van der Waals surface area contributed by atoms with Crippen LogP contribution in [0.25, 0.3) is 0 Å². The molecule has 0 aromatic rings. The van der Waals surface area contributed by atoms with Crippen molar-refractivity contribution in [3.05, 3.63) is 0 Å². The summed E-state index contributed by atoms with van der Waals surface area (Å²) in [6.07, 6.45) is 6.78. The fourth-order valence-corrected chi connectivity index (χ4v) is 2.76. The van der Waals surface area contributed by atoms with Crippen molar-refractivity contribution < 1.29 is 0 Å². The van der Waals surface area contributed by atoms with E-state index in [1.807, 2.05) is 0 Å². The fraction of sp³-hybridized carbons (Fsp3) is 1.00. The molecule has 0 saturated carbocycles. The van der Waals surface area contributed by atoms with E-state index >= 15 is 0 Å². The van der Waals surface area contributed by atoms with E-state index in [-0.39, 0.29) is 0 Å². The summed E-state index contributed by atoms with van der Waals surface area (Å²) in [4.78, 5) is 0. The molecule has 0 aliphatic heterocycles. The Labute approximate surface area is 91.5 Å². The molecule has 0 fully saturated rings. The standard InChI is InChI=1S/C14H30/c1-7-10-14(6,11-8-2)13(5)12(4)9-3/h12-13H,7-11H2,1-6H3. The molecule has 0 saturated heterocycles. The van der Waals surface area contributed by atoms with E-state index in [0.717, 1.165) is 11.8 Å². The zero-order valence-electron chi connectivity index (χ0n) is 11.2. The van der Waals surface area contributed by atoms with Crippen LogP contribution in [-0.4, -0.2) is 0 Å². The zero-order chi connectivity index (χ0) is 11.2. The predicted molar refractivity (Wildman–Crippen MR) is 66.5 cm³/mol. The lowest BCUT2D eigenvalue weighted by Gasteiger charge is -2.39. The van der Waals surface area contributed by atoms with Crippen molar-refractivity contribution in [3.63, 3.8) is 0 Å². The average Bonchev–Trinajstić information content (AvgIpc) is 2.16. The molecule has 2 atom stereocenters. The molecule has 0 spiro atoms. The van der Waals surface area contributed by atoms with Crippen molar-refractivity contribution in [1.29, 1.82) is 0 Å².